The van der Waals surface area contributed by atoms with Gasteiger partial charge in [-0.25, -0.2) is 4.98 Å². The second-order valence-corrected chi connectivity index (χ2v) is 7.33. The highest BCUT2D eigenvalue weighted by Gasteiger charge is 2.47. The number of aromatic nitrogens is 1. The van der Waals surface area contributed by atoms with E-state index < -0.39 is 28.4 Å². The van der Waals surface area contributed by atoms with Gasteiger partial charge in [-0.2, -0.15) is 0 Å². The third-order valence-electron chi connectivity index (χ3n) is 5.23. The van der Waals surface area contributed by atoms with Crippen LogP contribution in [0.25, 0.3) is 5.76 Å². The molecule has 0 saturated carbocycles. The van der Waals surface area contributed by atoms with Crippen molar-refractivity contribution in [3.8, 4) is 5.75 Å². The van der Waals surface area contributed by atoms with Crippen molar-refractivity contribution in [3.63, 3.8) is 0 Å². The van der Waals surface area contributed by atoms with Crippen LogP contribution in [0, 0.1) is 10.1 Å². The molecule has 1 unspecified atom stereocenters. The molecule has 34 heavy (non-hydrogen) atoms. The topological polar surface area (TPSA) is 123 Å². The maximum Gasteiger partial charge on any atom is 0.301 e. The van der Waals surface area contributed by atoms with Crippen LogP contribution in [0.3, 0.4) is 0 Å². The molecule has 9 nitrogen and oxygen atoms in total. The second-order valence-electron chi connectivity index (χ2n) is 7.33. The summed E-state index contributed by atoms with van der Waals surface area (Å²) in [6, 6.07) is 15.6. The summed E-state index contributed by atoms with van der Waals surface area (Å²) in [4.78, 5) is 42.3. The smallest absolute Gasteiger partial charge is 0.301 e. The van der Waals surface area contributed by atoms with E-state index in [-0.39, 0.29) is 28.2 Å². The van der Waals surface area contributed by atoms with Crippen LogP contribution in [-0.2, 0) is 9.59 Å². The molecule has 170 valence electrons. The number of rotatable bonds is 7. The highest BCUT2D eigenvalue weighted by atomic mass is 16.6. The minimum atomic E-state index is -1.12. The van der Waals surface area contributed by atoms with Crippen molar-refractivity contribution >= 4 is 29.0 Å². The van der Waals surface area contributed by atoms with Gasteiger partial charge in [-0.1, -0.05) is 30.9 Å². The van der Waals surface area contributed by atoms with E-state index in [0.717, 1.165) is 4.90 Å². The minimum absolute atomic E-state index is 0.174. The van der Waals surface area contributed by atoms with Crippen molar-refractivity contribution in [1.82, 2.24) is 4.98 Å². The lowest BCUT2D eigenvalue weighted by Crippen LogP contribution is -2.30. The van der Waals surface area contributed by atoms with Gasteiger partial charge in [-0.15, -0.1) is 0 Å². The fourth-order valence-corrected chi connectivity index (χ4v) is 3.71. The zero-order valence-corrected chi connectivity index (χ0v) is 17.8. The van der Waals surface area contributed by atoms with Gasteiger partial charge in [0.25, 0.3) is 11.5 Å². The number of amides is 1. The van der Waals surface area contributed by atoms with Crippen LogP contribution in [0.4, 0.5) is 11.5 Å². The van der Waals surface area contributed by atoms with Gasteiger partial charge >= 0.3 is 5.91 Å². The fourth-order valence-electron chi connectivity index (χ4n) is 3.71. The number of pyridine rings is 1. The Bertz CT molecular complexity index is 1300. The summed E-state index contributed by atoms with van der Waals surface area (Å²) in [5.74, 6) is -1.54. The molecule has 0 bridgehead atoms. The number of ketones is 1. The number of aliphatic hydroxyl groups is 1. The molecule has 1 amide bonds. The molecule has 1 aliphatic heterocycles. The van der Waals surface area contributed by atoms with Crippen molar-refractivity contribution in [2.24, 2.45) is 0 Å². The average molecular weight is 457 g/mol. The number of hydrogen-bond donors (Lipinski definition) is 1. The van der Waals surface area contributed by atoms with Crippen LogP contribution in [0.2, 0.25) is 0 Å². The van der Waals surface area contributed by atoms with Crippen LogP contribution in [0.1, 0.15) is 17.2 Å². The summed E-state index contributed by atoms with van der Waals surface area (Å²) in [7, 11) is 0. The standard InChI is InChI=1S/C25H19N3O6/c1-2-14-34-19-11-9-16(10-12-19)23(29)21-22(17-6-5-7-18(15-17)28(32)33)27(25(31)24(21)30)20-8-3-4-13-26-20/h2-13,15,22,29H,1,14H2/b23-21+. The summed E-state index contributed by atoms with van der Waals surface area (Å²) in [5, 5.41) is 22.5. The van der Waals surface area contributed by atoms with E-state index in [0.29, 0.717) is 12.4 Å². The number of Topliss-reactive ketones (excluding diaryl/α,β-unsaturated/α-hetero) is 1. The molecule has 1 N–H and O–H groups in total. The van der Waals surface area contributed by atoms with Crippen LogP contribution in [0.5, 0.6) is 5.75 Å². The molecule has 1 aromatic heterocycles. The lowest BCUT2D eigenvalue weighted by atomic mass is 9.95. The highest BCUT2D eigenvalue weighted by molar-refractivity contribution is 6.51. The second kappa shape index (κ2) is 9.37. The minimum Gasteiger partial charge on any atom is -0.507 e. The zero-order chi connectivity index (χ0) is 24.2. The normalized spacial score (nSPS) is 16.9. The number of carbonyl (C=O) groups is 2. The van der Waals surface area contributed by atoms with Gasteiger partial charge < -0.3 is 9.84 Å². The van der Waals surface area contributed by atoms with Crippen LogP contribution >= 0.6 is 0 Å². The van der Waals surface area contributed by atoms with Crippen molar-refractivity contribution in [2.45, 2.75) is 6.04 Å². The fraction of sp³-hybridized carbons (Fsp3) is 0.0800. The number of aliphatic hydroxyl groups excluding tert-OH is 1. The number of benzene rings is 2. The summed E-state index contributed by atoms with van der Waals surface area (Å²) in [6.07, 6.45) is 3.05. The molecule has 2 aromatic carbocycles. The van der Waals surface area contributed by atoms with E-state index in [9.17, 15) is 24.8 Å². The van der Waals surface area contributed by atoms with Gasteiger partial charge in [-0.3, -0.25) is 24.6 Å². The van der Waals surface area contributed by atoms with Crippen molar-refractivity contribution in [2.75, 3.05) is 11.5 Å². The van der Waals surface area contributed by atoms with Gasteiger partial charge in [0, 0.05) is 23.9 Å². The Labute approximate surface area is 194 Å². The first-order chi connectivity index (χ1) is 16.4. The van der Waals surface area contributed by atoms with E-state index in [1.807, 2.05) is 0 Å². The lowest BCUT2D eigenvalue weighted by molar-refractivity contribution is -0.384. The van der Waals surface area contributed by atoms with Crippen molar-refractivity contribution < 1.29 is 24.4 Å². The number of ether oxygens (including phenoxy) is 1. The molecule has 1 atom stereocenters. The molecule has 0 aliphatic carbocycles. The third kappa shape index (κ3) is 4.14. The number of hydrogen-bond acceptors (Lipinski definition) is 7. The molecule has 4 rings (SSSR count). The molecule has 2 heterocycles. The highest BCUT2D eigenvalue weighted by Crippen LogP contribution is 2.42. The maximum atomic E-state index is 13.1. The Morgan fingerprint density at radius 1 is 1.15 bits per heavy atom. The van der Waals surface area contributed by atoms with Crippen molar-refractivity contribution in [1.29, 1.82) is 0 Å². The van der Waals surface area contributed by atoms with Gasteiger partial charge in [0.05, 0.1) is 16.5 Å². The molecule has 0 radical (unpaired) electrons. The van der Waals surface area contributed by atoms with E-state index in [1.165, 1.54) is 24.4 Å². The number of nitrogens with zero attached hydrogens (tertiary/aromatic N) is 3. The summed E-state index contributed by atoms with van der Waals surface area (Å²) >= 11 is 0. The predicted molar refractivity (Wildman–Crippen MR) is 124 cm³/mol. The average Bonchev–Trinajstić information content (AvgIpc) is 3.13. The Morgan fingerprint density at radius 3 is 2.56 bits per heavy atom. The van der Waals surface area contributed by atoms with E-state index in [4.69, 9.17) is 4.74 Å². The Morgan fingerprint density at radius 2 is 1.91 bits per heavy atom. The molecule has 1 saturated heterocycles. The van der Waals surface area contributed by atoms with Gasteiger partial charge in [-0.05, 0) is 42.0 Å². The molecule has 1 aliphatic rings. The molecular weight excluding hydrogens is 438 g/mol. The van der Waals surface area contributed by atoms with E-state index >= 15 is 0 Å². The quantitative estimate of drug-likeness (QED) is 0.141. The number of anilines is 1. The van der Waals surface area contributed by atoms with Crippen LogP contribution in [0.15, 0.2) is 91.2 Å². The lowest BCUT2D eigenvalue weighted by Gasteiger charge is -2.24. The maximum absolute atomic E-state index is 13.1. The number of carbonyl (C=O) groups excluding carboxylic acids is 2. The Balaban J connectivity index is 1.88. The van der Waals surface area contributed by atoms with Gasteiger partial charge in [0.1, 0.15) is 23.9 Å². The molecule has 1 fully saturated rings. The molecule has 3 aromatic rings. The molecular formula is C25H19N3O6. The van der Waals surface area contributed by atoms with Gasteiger partial charge in [0.2, 0.25) is 0 Å². The largest absolute Gasteiger partial charge is 0.507 e. The summed E-state index contributed by atoms with van der Waals surface area (Å²) in [6.45, 7) is 3.88. The number of non-ortho nitro benzene ring substituents is 1. The van der Waals surface area contributed by atoms with Crippen molar-refractivity contribution in [3.05, 3.63) is 112 Å². The predicted octanol–water partition coefficient (Wildman–Crippen LogP) is 4.18. The number of nitro benzene ring substituents is 1. The first-order valence-corrected chi connectivity index (χ1v) is 10.2. The Hall–Kier alpha value is -4.79. The third-order valence-corrected chi connectivity index (χ3v) is 5.23. The molecule has 0 spiro atoms. The Kier molecular flexibility index (Phi) is 6.18. The van der Waals surface area contributed by atoms with Crippen LogP contribution in [-0.4, -0.2) is 33.3 Å². The van der Waals surface area contributed by atoms with Gasteiger partial charge in [0.15, 0.2) is 0 Å². The monoisotopic (exact) mass is 457 g/mol. The first kappa shape index (κ1) is 22.4. The first-order valence-electron chi connectivity index (χ1n) is 10.2. The zero-order valence-electron chi connectivity index (χ0n) is 17.8. The summed E-state index contributed by atoms with van der Waals surface area (Å²) in [5.41, 5.74) is 0.149. The molecule has 9 heteroatoms. The summed E-state index contributed by atoms with van der Waals surface area (Å²) < 4.78 is 5.44. The van der Waals surface area contributed by atoms with E-state index in [2.05, 4.69) is 11.6 Å². The van der Waals surface area contributed by atoms with Crippen LogP contribution < -0.4 is 9.64 Å². The number of nitro groups is 1. The van der Waals surface area contributed by atoms with E-state index in [1.54, 1.807) is 54.6 Å². The SMILES string of the molecule is C=CCOc1ccc(/C(O)=C2\C(=O)C(=O)N(c3ccccn3)C2c2cccc([N+](=O)[O-])c2)cc1.